The fourth-order valence-corrected chi connectivity index (χ4v) is 4.98. The predicted octanol–water partition coefficient (Wildman–Crippen LogP) is 0.854. The van der Waals surface area contributed by atoms with Gasteiger partial charge in [-0.1, -0.05) is 42.5 Å². The van der Waals surface area contributed by atoms with Gasteiger partial charge in [0.2, 0.25) is 17.7 Å². The molecule has 242 valence electrons. The molecule has 13 nitrogen and oxygen atoms in total. The van der Waals surface area contributed by atoms with Gasteiger partial charge in [-0.3, -0.25) is 14.4 Å². The van der Waals surface area contributed by atoms with E-state index in [2.05, 4.69) is 20.9 Å². The summed E-state index contributed by atoms with van der Waals surface area (Å²) >= 11 is 0. The van der Waals surface area contributed by atoms with Gasteiger partial charge in [-0.05, 0) is 60.4 Å². The van der Waals surface area contributed by atoms with Crippen LogP contribution in [0.3, 0.4) is 0 Å². The molecular weight excluding hydrogens is 594 g/mol. The van der Waals surface area contributed by atoms with Gasteiger partial charge in [0.1, 0.15) is 29.6 Å². The first-order valence-corrected chi connectivity index (χ1v) is 14.6. The van der Waals surface area contributed by atoms with Crippen molar-refractivity contribution in [1.82, 2.24) is 20.9 Å². The van der Waals surface area contributed by atoms with E-state index in [-0.39, 0.29) is 30.8 Å². The van der Waals surface area contributed by atoms with Gasteiger partial charge in [-0.25, -0.2) is 4.79 Å². The van der Waals surface area contributed by atoms with E-state index in [1.54, 1.807) is 30.5 Å². The Labute approximate surface area is 264 Å². The number of carboxylic acids is 1. The van der Waals surface area contributed by atoms with Gasteiger partial charge in [0.05, 0.1) is 12.1 Å². The highest BCUT2D eigenvalue weighted by atomic mass is 16.4. The van der Waals surface area contributed by atoms with E-state index in [1.807, 2.05) is 24.3 Å². The van der Waals surface area contributed by atoms with Crippen LogP contribution in [0.5, 0.6) is 11.5 Å². The highest BCUT2D eigenvalue weighted by molar-refractivity contribution is 5.95. The van der Waals surface area contributed by atoms with Crippen molar-refractivity contribution in [3.63, 3.8) is 0 Å². The van der Waals surface area contributed by atoms with Gasteiger partial charge in [-0.2, -0.15) is 0 Å². The summed E-state index contributed by atoms with van der Waals surface area (Å²) in [7, 11) is 0. The number of phenols is 2. The van der Waals surface area contributed by atoms with Gasteiger partial charge in [0, 0.05) is 29.9 Å². The first-order valence-electron chi connectivity index (χ1n) is 14.6. The van der Waals surface area contributed by atoms with E-state index < -0.39 is 54.0 Å². The number of hydrogen-bond donors (Lipinski definition) is 9. The number of H-pyrrole nitrogens is 1. The minimum atomic E-state index is -1.50. The number of aliphatic hydroxyl groups is 1. The molecule has 0 aliphatic rings. The number of fused-ring (bicyclic) bond motifs is 1. The van der Waals surface area contributed by atoms with Crippen molar-refractivity contribution in [2.75, 3.05) is 0 Å². The Balaban J connectivity index is 1.50. The summed E-state index contributed by atoms with van der Waals surface area (Å²) < 4.78 is 0. The fourth-order valence-electron chi connectivity index (χ4n) is 4.98. The van der Waals surface area contributed by atoms with Gasteiger partial charge in [0.15, 0.2) is 0 Å². The van der Waals surface area contributed by atoms with Crippen LogP contribution >= 0.6 is 0 Å². The number of aromatic nitrogens is 1. The van der Waals surface area contributed by atoms with Gasteiger partial charge in [-0.15, -0.1) is 0 Å². The van der Waals surface area contributed by atoms with E-state index in [9.17, 15) is 39.6 Å². The van der Waals surface area contributed by atoms with E-state index in [4.69, 9.17) is 5.73 Å². The number of phenolic OH excluding ortho intramolecular Hbond substituents is 2. The molecule has 3 aromatic carbocycles. The summed E-state index contributed by atoms with van der Waals surface area (Å²) in [6.45, 7) is 1.28. The molecule has 4 rings (SSSR count). The molecule has 0 bridgehead atoms. The molecule has 0 saturated heterocycles. The number of aliphatic carboxylic acids is 1. The second-order valence-corrected chi connectivity index (χ2v) is 11.1. The molecule has 1 heterocycles. The number of aromatic hydroxyl groups is 2. The molecule has 1 aromatic heterocycles. The largest absolute Gasteiger partial charge is 0.508 e. The van der Waals surface area contributed by atoms with Crippen LogP contribution < -0.4 is 21.7 Å². The van der Waals surface area contributed by atoms with Gasteiger partial charge >= 0.3 is 5.97 Å². The molecule has 46 heavy (non-hydrogen) atoms. The molecule has 5 atom stereocenters. The first kappa shape index (κ1) is 33.5. The summed E-state index contributed by atoms with van der Waals surface area (Å²) in [6, 6.07) is 14.0. The number of nitrogens with two attached hydrogens (primary N) is 1. The number of aromatic amines is 1. The number of carbonyl (C=O) groups excluding carboxylic acids is 3. The molecule has 13 heteroatoms. The minimum absolute atomic E-state index is 0.0148. The Bertz CT molecular complexity index is 1670. The van der Waals surface area contributed by atoms with Crippen molar-refractivity contribution in [2.45, 2.75) is 56.5 Å². The Morgan fingerprint density at radius 1 is 0.739 bits per heavy atom. The van der Waals surface area contributed by atoms with Crippen molar-refractivity contribution >= 4 is 34.6 Å². The fraction of sp³-hybridized carbons (Fsp3) is 0.273. The summed E-state index contributed by atoms with van der Waals surface area (Å²) in [5.41, 5.74) is 8.71. The molecule has 0 radical (unpaired) electrons. The Morgan fingerprint density at radius 2 is 1.30 bits per heavy atom. The number of amides is 3. The third kappa shape index (κ3) is 8.83. The van der Waals surface area contributed by atoms with Gasteiger partial charge < -0.3 is 47.1 Å². The number of benzene rings is 3. The lowest BCUT2D eigenvalue weighted by molar-refractivity contribution is -0.142. The number of carbonyl (C=O) groups is 4. The number of carboxylic acid groups (broad SMARTS) is 1. The third-order valence-electron chi connectivity index (χ3n) is 7.51. The van der Waals surface area contributed by atoms with Crippen LogP contribution in [0.2, 0.25) is 0 Å². The predicted molar refractivity (Wildman–Crippen MR) is 169 cm³/mol. The van der Waals surface area contributed by atoms with Crippen LogP contribution in [0, 0.1) is 0 Å². The maximum Gasteiger partial charge on any atom is 0.326 e. The number of para-hydroxylation sites is 1. The summed E-state index contributed by atoms with van der Waals surface area (Å²) in [6.07, 6.45) is 0.217. The average molecular weight is 632 g/mol. The standard InChI is InChI=1S/C33H37N5O8/c1-18(39)29(38-30(42)25(34)14-19-6-10-22(40)11-7-19)32(44)36-27(15-20-8-12-23(41)13-9-20)31(43)37-28(33(45)46)16-21-17-35-26-5-3-2-4-24(21)26/h2-13,17-18,25,27-29,35,39-41H,14-16,34H2,1H3,(H,36,44)(H,37,43)(H,38,42)(H,45,46). The zero-order chi connectivity index (χ0) is 33.4. The topological polar surface area (TPSA) is 227 Å². The molecule has 10 N–H and O–H groups in total. The summed E-state index contributed by atoms with van der Waals surface area (Å²) in [4.78, 5) is 55.2. The molecule has 0 fully saturated rings. The SMILES string of the molecule is CC(O)C(NC(=O)C(N)Cc1ccc(O)cc1)C(=O)NC(Cc1ccc(O)cc1)C(=O)NC(Cc1c[nH]c2ccccc12)C(=O)O. The van der Waals surface area contributed by atoms with Crippen LogP contribution in [0.25, 0.3) is 10.9 Å². The lowest BCUT2D eigenvalue weighted by Gasteiger charge is -2.26. The molecule has 0 saturated carbocycles. The van der Waals surface area contributed by atoms with E-state index in [0.717, 1.165) is 10.9 Å². The van der Waals surface area contributed by atoms with Crippen molar-refractivity contribution in [3.05, 3.63) is 95.7 Å². The van der Waals surface area contributed by atoms with E-state index in [0.29, 0.717) is 16.7 Å². The molecule has 0 spiro atoms. The number of rotatable bonds is 14. The lowest BCUT2D eigenvalue weighted by atomic mass is 10.0. The van der Waals surface area contributed by atoms with Crippen molar-refractivity contribution in [3.8, 4) is 11.5 Å². The smallest absolute Gasteiger partial charge is 0.326 e. The Morgan fingerprint density at radius 3 is 1.89 bits per heavy atom. The average Bonchev–Trinajstić information content (AvgIpc) is 3.43. The number of hydrogen-bond acceptors (Lipinski definition) is 8. The summed E-state index contributed by atoms with van der Waals surface area (Å²) in [5.74, 6) is -3.70. The van der Waals surface area contributed by atoms with Crippen LogP contribution in [0.15, 0.2) is 79.0 Å². The normalized spacial score (nSPS) is 14.4. The van der Waals surface area contributed by atoms with Crippen molar-refractivity contribution < 1.29 is 39.6 Å². The van der Waals surface area contributed by atoms with Crippen LogP contribution in [0.4, 0.5) is 0 Å². The third-order valence-corrected chi connectivity index (χ3v) is 7.51. The van der Waals surface area contributed by atoms with Crippen LogP contribution in [-0.4, -0.2) is 79.4 Å². The highest BCUT2D eigenvalue weighted by Gasteiger charge is 2.33. The maximum atomic E-state index is 13.6. The van der Waals surface area contributed by atoms with Gasteiger partial charge in [0.25, 0.3) is 0 Å². The molecule has 5 unspecified atom stereocenters. The zero-order valence-corrected chi connectivity index (χ0v) is 25.0. The summed E-state index contributed by atoms with van der Waals surface area (Å²) in [5, 5.41) is 47.8. The zero-order valence-electron chi connectivity index (χ0n) is 25.0. The quantitative estimate of drug-likeness (QED) is 0.0960. The molecule has 0 aliphatic heterocycles. The Kier molecular flexibility index (Phi) is 11.0. The monoisotopic (exact) mass is 631 g/mol. The van der Waals surface area contributed by atoms with Crippen molar-refractivity contribution in [1.29, 1.82) is 0 Å². The highest BCUT2D eigenvalue weighted by Crippen LogP contribution is 2.20. The van der Waals surface area contributed by atoms with E-state index >= 15 is 0 Å². The van der Waals surface area contributed by atoms with Crippen LogP contribution in [0.1, 0.15) is 23.6 Å². The first-order chi connectivity index (χ1) is 21.9. The second-order valence-electron chi connectivity index (χ2n) is 11.1. The maximum absolute atomic E-state index is 13.6. The Hall–Kier alpha value is -5.40. The molecular formula is C33H37N5O8. The molecule has 3 amide bonds. The van der Waals surface area contributed by atoms with Crippen molar-refractivity contribution in [2.24, 2.45) is 5.73 Å². The molecule has 0 aliphatic carbocycles. The second kappa shape index (κ2) is 15.1. The minimum Gasteiger partial charge on any atom is -0.508 e. The van der Waals surface area contributed by atoms with Crippen LogP contribution in [-0.2, 0) is 38.4 Å². The number of aliphatic hydroxyl groups excluding tert-OH is 1. The molecule has 4 aromatic rings. The number of nitrogens with one attached hydrogen (secondary N) is 4. The van der Waals surface area contributed by atoms with E-state index in [1.165, 1.54) is 31.2 Å². The lowest BCUT2D eigenvalue weighted by Crippen LogP contribution is -2.60.